The van der Waals surface area contributed by atoms with Gasteiger partial charge in [-0.2, -0.15) is 0 Å². The zero-order valence-electron chi connectivity index (χ0n) is 12.3. The lowest BCUT2D eigenvalue weighted by atomic mass is 9.98. The topological polar surface area (TPSA) is 55.1 Å². The van der Waals surface area contributed by atoms with E-state index in [4.69, 9.17) is 5.73 Å². The van der Waals surface area contributed by atoms with Gasteiger partial charge in [-0.3, -0.25) is 4.79 Å². The Morgan fingerprint density at radius 2 is 1.48 bits per heavy atom. The first kappa shape index (κ1) is 15.3. The fourth-order valence-corrected chi connectivity index (χ4v) is 2.34. The lowest BCUT2D eigenvalue weighted by Crippen LogP contribution is -2.42. The highest BCUT2D eigenvalue weighted by atomic mass is 16.2. The number of nitrogens with one attached hydrogen (secondary N) is 1. The molecule has 0 aliphatic carbocycles. The van der Waals surface area contributed by atoms with Gasteiger partial charge in [0.15, 0.2) is 0 Å². The van der Waals surface area contributed by atoms with Crippen molar-refractivity contribution in [3.8, 4) is 0 Å². The molecule has 2 aromatic rings. The van der Waals surface area contributed by atoms with Crippen LogP contribution in [0.3, 0.4) is 0 Å². The van der Waals surface area contributed by atoms with Crippen LogP contribution in [-0.4, -0.2) is 11.9 Å². The van der Waals surface area contributed by atoms with E-state index in [-0.39, 0.29) is 11.9 Å². The fourth-order valence-electron chi connectivity index (χ4n) is 2.34. The van der Waals surface area contributed by atoms with Crippen molar-refractivity contribution in [3.63, 3.8) is 0 Å². The summed E-state index contributed by atoms with van der Waals surface area (Å²) in [6.07, 6.45) is 1.60. The molecule has 0 aliphatic rings. The Balaban J connectivity index is 2.23. The molecule has 0 radical (unpaired) electrons. The van der Waals surface area contributed by atoms with E-state index in [2.05, 4.69) is 5.32 Å². The Morgan fingerprint density at radius 3 is 1.90 bits per heavy atom. The second-order valence-electron chi connectivity index (χ2n) is 5.16. The van der Waals surface area contributed by atoms with Crippen molar-refractivity contribution >= 4 is 5.91 Å². The van der Waals surface area contributed by atoms with E-state index < -0.39 is 6.04 Å². The smallest absolute Gasteiger partial charge is 0.237 e. The van der Waals surface area contributed by atoms with Crippen LogP contribution in [0.1, 0.15) is 36.9 Å². The van der Waals surface area contributed by atoms with Crippen LogP contribution in [0.4, 0.5) is 0 Å². The Morgan fingerprint density at radius 1 is 1.00 bits per heavy atom. The molecular weight excluding hydrogens is 260 g/mol. The van der Waals surface area contributed by atoms with E-state index >= 15 is 0 Å². The first-order valence-electron chi connectivity index (χ1n) is 7.38. The Bertz CT molecular complexity index is 514. The van der Waals surface area contributed by atoms with Crippen LogP contribution < -0.4 is 11.1 Å². The summed E-state index contributed by atoms with van der Waals surface area (Å²) in [5, 5.41) is 3.07. The Hall–Kier alpha value is -2.13. The largest absolute Gasteiger partial charge is 0.344 e. The standard InChI is InChI=1S/C18H22N2O/c1-2-9-16(19)18(21)20-17(14-10-5-3-6-11-14)15-12-7-4-8-13-15/h3-8,10-13,16-17H,2,9,19H2,1H3,(H,20,21)/t16-/m1/s1. The van der Waals surface area contributed by atoms with Crippen molar-refractivity contribution in [2.24, 2.45) is 5.73 Å². The van der Waals surface area contributed by atoms with E-state index in [1.807, 2.05) is 67.6 Å². The van der Waals surface area contributed by atoms with Gasteiger partial charge in [-0.15, -0.1) is 0 Å². The number of hydrogen-bond acceptors (Lipinski definition) is 2. The van der Waals surface area contributed by atoms with Crippen molar-refractivity contribution in [2.45, 2.75) is 31.8 Å². The summed E-state index contributed by atoms with van der Waals surface area (Å²) < 4.78 is 0. The van der Waals surface area contributed by atoms with Crippen molar-refractivity contribution in [3.05, 3.63) is 71.8 Å². The third kappa shape index (κ3) is 4.17. The summed E-state index contributed by atoms with van der Waals surface area (Å²) in [5.41, 5.74) is 8.03. The van der Waals surface area contributed by atoms with Crippen LogP contribution in [0, 0.1) is 0 Å². The summed E-state index contributed by atoms with van der Waals surface area (Å²) in [5.74, 6) is -0.102. The second-order valence-corrected chi connectivity index (χ2v) is 5.16. The molecule has 0 saturated carbocycles. The maximum Gasteiger partial charge on any atom is 0.237 e. The van der Waals surface area contributed by atoms with Gasteiger partial charge in [-0.1, -0.05) is 74.0 Å². The van der Waals surface area contributed by atoms with Crippen LogP contribution in [0.2, 0.25) is 0 Å². The average Bonchev–Trinajstić information content (AvgIpc) is 2.54. The molecule has 2 aromatic carbocycles. The van der Waals surface area contributed by atoms with Crippen molar-refractivity contribution in [1.82, 2.24) is 5.32 Å². The van der Waals surface area contributed by atoms with Gasteiger partial charge in [0.05, 0.1) is 12.1 Å². The van der Waals surface area contributed by atoms with Gasteiger partial charge in [-0.05, 0) is 17.5 Å². The quantitative estimate of drug-likeness (QED) is 0.855. The molecule has 0 aromatic heterocycles. The highest BCUT2D eigenvalue weighted by molar-refractivity contribution is 5.82. The molecule has 0 spiro atoms. The molecule has 21 heavy (non-hydrogen) atoms. The summed E-state index contributed by atoms with van der Waals surface area (Å²) >= 11 is 0. The molecule has 0 aliphatic heterocycles. The molecule has 0 heterocycles. The van der Waals surface area contributed by atoms with Crippen LogP contribution in [0.5, 0.6) is 0 Å². The lowest BCUT2D eigenvalue weighted by Gasteiger charge is -2.22. The Kier molecular flexibility index (Phi) is 5.52. The molecule has 0 saturated heterocycles. The van der Waals surface area contributed by atoms with Gasteiger partial charge < -0.3 is 11.1 Å². The second kappa shape index (κ2) is 7.60. The highest BCUT2D eigenvalue weighted by Gasteiger charge is 2.20. The van der Waals surface area contributed by atoms with Gasteiger partial charge in [0.25, 0.3) is 0 Å². The third-order valence-corrected chi connectivity index (χ3v) is 3.49. The minimum absolute atomic E-state index is 0.102. The minimum Gasteiger partial charge on any atom is -0.344 e. The van der Waals surface area contributed by atoms with Gasteiger partial charge in [0, 0.05) is 0 Å². The van der Waals surface area contributed by atoms with Crippen molar-refractivity contribution in [2.75, 3.05) is 0 Å². The molecule has 3 heteroatoms. The van der Waals surface area contributed by atoms with Gasteiger partial charge >= 0.3 is 0 Å². The predicted molar refractivity (Wildman–Crippen MR) is 85.8 cm³/mol. The van der Waals surface area contributed by atoms with Gasteiger partial charge in [0.1, 0.15) is 0 Å². The summed E-state index contributed by atoms with van der Waals surface area (Å²) in [6.45, 7) is 2.03. The Labute approximate surface area is 126 Å². The first-order valence-corrected chi connectivity index (χ1v) is 7.38. The van der Waals surface area contributed by atoms with Crippen molar-refractivity contribution < 1.29 is 4.79 Å². The summed E-state index contributed by atoms with van der Waals surface area (Å²) in [4.78, 5) is 12.3. The molecule has 3 N–H and O–H groups in total. The molecule has 2 rings (SSSR count). The van der Waals surface area contributed by atoms with Crippen LogP contribution >= 0.6 is 0 Å². The fraction of sp³-hybridized carbons (Fsp3) is 0.278. The highest BCUT2D eigenvalue weighted by Crippen LogP contribution is 2.21. The number of hydrogen-bond donors (Lipinski definition) is 2. The summed E-state index contributed by atoms with van der Waals surface area (Å²) in [6, 6.07) is 19.3. The normalized spacial score (nSPS) is 12.1. The number of nitrogens with two attached hydrogens (primary N) is 1. The van der Waals surface area contributed by atoms with Gasteiger partial charge in [0.2, 0.25) is 5.91 Å². The zero-order chi connectivity index (χ0) is 15.1. The molecule has 3 nitrogen and oxygen atoms in total. The molecule has 110 valence electrons. The minimum atomic E-state index is -0.454. The molecule has 0 fully saturated rings. The monoisotopic (exact) mass is 282 g/mol. The maximum atomic E-state index is 12.3. The molecule has 0 unspecified atom stereocenters. The molecular formula is C18H22N2O. The third-order valence-electron chi connectivity index (χ3n) is 3.49. The zero-order valence-corrected chi connectivity index (χ0v) is 12.3. The van der Waals surface area contributed by atoms with E-state index in [9.17, 15) is 4.79 Å². The number of amides is 1. The van der Waals surface area contributed by atoms with Crippen LogP contribution in [-0.2, 0) is 4.79 Å². The number of benzene rings is 2. The van der Waals surface area contributed by atoms with Crippen molar-refractivity contribution in [1.29, 1.82) is 0 Å². The average molecular weight is 282 g/mol. The SMILES string of the molecule is CCC[C@@H](N)C(=O)NC(c1ccccc1)c1ccccc1. The molecule has 1 atom stereocenters. The lowest BCUT2D eigenvalue weighted by molar-refractivity contribution is -0.123. The van der Waals surface area contributed by atoms with E-state index in [1.54, 1.807) is 0 Å². The van der Waals surface area contributed by atoms with Crippen LogP contribution in [0.25, 0.3) is 0 Å². The first-order chi connectivity index (χ1) is 10.2. The van der Waals surface area contributed by atoms with E-state index in [0.717, 1.165) is 17.5 Å². The van der Waals surface area contributed by atoms with Gasteiger partial charge in [-0.25, -0.2) is 0 Å². The maximum absolute atomic E-state index is 12.3. The summed E-state index contributed by atoms with van der Waals surface area (Å²) in [7, 11) is 0. The van der Waals surface area contributed by atoms with E-state index in [0.29, 0.717) is 6.42 Å². The van der Waals surface area contributed by atoms with Crippen LogP contribution in [0.15, 0.2) is 60.7 Å². The number of rotatable bonds is 6. The molecule has 0 bridgehead atoms. The number of carbonyl (C=O) groups excluding carboxylic acids is 1. The number of carbonyl (C=O) groups is 1. The predicted octanol–water partition coefficient (Wildman–Crippen LogP) is 3.02. The molecule has 1 amide bonds. The van der Waals surface area contributed by atoms with E-state index in [1.165, 1.54) is 0 Å².